The molecule has 0 aromatic carbocycles. The average Bonchev–Trinajstić information content (AvgIpc) is 2.14. The summed E-state index contributed by atoms with van der Waals surface area (Å²) in [7, 11) is 1.79. The van der Waals surface area contributed by atoms with Crippen LogP contribution in [0, 0.1) is 0 Å². The van der Waals surface area contributed by atoms with Crippen molar-refractivity contribution < 1.29 is 4.79 Å². The molecule has 1 unspecified atom stereocenters. The summed E-state index contributed by atoms with van der Waals surface area (Å²) < 4.78 is 0.329. The van der Waals surface area contributed by atoms with Crippen molar-refractivity contribution in [1.29, 1.82) is 0 Å². The summed E-state index contributed by atoms with van der Waals surface area (Å²) in [5.41, 5.74) is 4.81. The second-order valence-corrected chi connectivity index (χ2v) is 7.29. The lowest BCUT2D eigenvalue weighted by molar-refractivity contribution is -0.123. The molecule has 0 saturated carbocycles. The van der Waals surface area contributed by atoms with Crippen molar-refractivity contribution in [3.63, 3.8) is 0 Å². The Morgan fingerprint density at radius 3 is 2.19 bits per heavy atom. The van der Waals surface area contributed by atoms with Gasteiger partial charge in [-0.3, -0.25) is 4.79 Å². The average molecular weight is 246 g/mol. The summed E-state index contributed by atoms with van der Waals surface area (Å²) in [6, 6.07) is 0. The maximum Gasteiger partial charge on any atom is 0.237 e. The van der Waals surface area contributed by atoms with E-state index in [0.717, 1.165) is 25.0 Å². The second kappa shape index (κ2) is 6.50. The molecule has 3 N–H and O–H groups in total. The summed E-state index contributed by atoms with van der Waals surface area (Å²) in [5.74, 6) is 0.876. The first-order valence-corrected chi connectivity index (χ1v) is 6.82. The van der Waals surface area contributed by atoms with Crippen LogP contribution in [0.25, 0.3) is 0 Å². The quantitative estimate of drug-likeness (QED) is 0.677. The van der Waals surface area contributed by atoms with E-state index >= 15 is 0 Å². The second-order valence-electron chi connectivity index (χ2n) is 5.36. The Kier molecular flexibility index (Phi) is 6.41. The molecule has 0 aromatic heterocycles. The zero-order valence-corrected chi connectivity index (χ0v) is 12.0. The maximum atomic E-state index is 11.2. The summed E-state index contributed by atoms with van der Waals surface area (Å²) in [6.07, 6.45) is 2.97. The molecule has 96 valence electrons. The lowest BCUT2D eigenvalue weighted by atomic mass is 9.94. The van der Waals surface area contributed by atoms with Crippen LogP contribution in [0.15, 0.2) is 0 Å². The Hall–Kier alpha value is -0.220. The molecule has 4 heteroatoms. The molecule has 0 aromatic rings. The van der Waals surface area contributed by atoms with Gasteiger partial charge >= 0.3 is 0 Å². The number of unbranched alkanes of at least 4 members (excludes halogenated alkanes) is 1. The van der Waals surface area contributed by atoms with E-state index in [1.54, 1.807) is 7.05 Å². The van der Waals surface area contributed by atoms with Crippen LogP contribution in [0.5, 0.6) is 0 Å². The molecule has 0 radical (unpaired) electrons. The van der Waals surface area contributed by atoms with E-state index < -0.39 is 5.54 Å². The number of hydrogen-bond acceptors (Lipinski definition) is 3. The number of rotatable bonds is 7. The first kappa shape index (κ1) is 15.8. The molecular weight excluding hydrogens is 220 g/mol. The highest BCUT2D eigenvalue weighted by atomic mass is 32.2. The van der Waals surface area contributed by atoms with Gasteiger partial charge in [0, 0.05) is 4.75 Å². The van der Waals surface area contributed by atoms with Gasteiger partial charge in [-0.05, 0) is 32.6 Å². The van der Waals surface area contributed by atoms with Crippen molar-refractivity contribution in [2.45, 2.75) is 57.2 Å². The molecule has 0 spiro atoms. The Morgan fingerprint density at radius 1 is 1.25 bits per heavy atom. The number of primary amides is 1. The number of carbonyl (C=O) groups excluding carboxylic acids is 1. The summed E-state index contributed by atoms with van der Waals surface area (Å²) in [5, 5.41) is 3.00. The molecule has 0 aliphatic heterocycles. The van der Waals surface area contributed by atoms with Crippen molar-refractivity contribution >= 4 is 17.7 Å². The number of nitrogens with two attached hydrogens (primary N) is 1. The van der Waals surface area contributed by atoms with E-state index in [1.807, 2.05) is 18.7 Å². The minimum absolute atomic E-state index is 0.265. The van der Waals surface area contributed by atoms with Gasteiger partial charge in [-0.2, -0.15) is 11.8 Å². The SMILES string of the molecule is CNC(C)(CCCCSC(C)(C)C)C(N)=O. The van der Waals surface area contributed by atoms with Crippen molar-refractivity contribution in [3.05, 3.63) is 0 Å². The minimum atomic E-state index is -0.549. The Bertz CT molecular complexity index is 226. The topological polar surface area (TPSA) is 55.1 Å². The zero-order chi connectivity index (χ0) is 12.8. The predicted molar refractivity (Wildman–Crippen MR) is 72.7 cm³/mol. The molecule has 0 bridgehead atoms. The smallest absolute Gasteiger partial charge is 0.237 e. The van der Waals surface area contributed by atoms with E-state index in [9.17, 15) is 4.79 Å². The minimum Gasteiger partial charge on any atom is -0.368 e. The number of hydrogen-bond donors (Lipinski definition) is 2. The lowest BCUT2D eigenvalue weighted by Crippen LogP contribution is -2.51. The van der Waals surface area contributed by atoms with Crippen LogP contribution in [0.2, 0.25) is 0 Å². The van der Waals surface area contributed by atoms with E-state index in [1.165, 1.54) is 0 Å². The molecule has 1 amide bonds. The molecule has 0 rings (SSSR count). The fourth-order valence-corrected chi connectivity index (χ4v) is 2.29. The Morgan fingerprint density at radius 2 is 1.81 bits per heavy atom. The van der Waals surface area contributed by atoms with Gasteiger partial charge in [0.15, 0.2) is 0 Å². The summed E-state index contributed by atoms with van der Waals surface area (Å²) in [4.78, 5) is 11.2. The van der Waals surface area contributed by atoms with E-state index in [-0.39, 0.29) is 5.91 Å². The molecule has 0 heterocycles. The number of thioether (sulfide) groups is 1. The monoisotopic (exact) mass is 246 g/mol. The van der Waals surface area contributed by atoms with Gasteiger partial charge < -0.3 is 11.1 Å². The van der Waals surface area contributed by atoms with Crippen LogP contribution in [0.1, 0.15) is 47.0 Å². The Balaban J connectivity index is 3.77. The van der Waals surface area contributed by atoms with Gasteiger partial charge in [0.25, 0.3) is 0 Å². The molecular formula is C12H26N2OS. The zero-order valence-electron chi connectivity index (χ0n) is 11.2. The summed E-state index contributed by atoms with van der Waals surface area (Å²) in [6.45, 7) is 8.53. The van der Waals surface area contributed by atoms with Gasteiger partial charge in [0.1, 0.15) is 0 Å². The first-order valence-electron chi connectivity index (χ1n) is 5.84. The molecule has 0 aliphatic rings. The van der Waals surface area contributed by atoms with Crippen molar-refractivity contribution in [2.24, 2.45) is 5.73 Å². The Labute approximate surface area is 104 Å². The first-order chi connectivity index (χ1) is 7.21. The van der Waals surface area contributed by atoms with Crippen LogP contribution in [0.3, 0.4) is 0 Å². The van der Waals surface area contributed by atoms with Crippen molar-refractivity contribution in [2.75, 3.05) is 12.8 Å². The number of carbonyl (C=O) groups is 1. The largest absolute Gasteiger partial charge is 0.368 e. The number of likely N-dealkylation sites (N-methyl/N-ethyl adjacent to an activating group) is 1. The normalized spacial score (nSPS) is 15.8. The molecule has 16 heavy (non-hydrogen) atoms. The fourth-order valence-electron chi connectivity index (χ4n) is 1.33. The molecule has 1 atom stereocenters. The highest BCUT2D eigenvalue weighted by Gasteiger charge is 2.27. The highest BCUT2D eigenvalue weighted by Crippen LogP contribution is 2.25. The van der Waals surface area contributed by atoms with Crippen molar-refractivity contribution in [1.82, 2.24) is 5.32 Å². The molecule has 3 nitrogen and oxygen atoms in total. The third kappa shape index (κ3) is 6.38. The van der Waals surface area contributed by atoms with Gasteiger partial charge in [-0.15, -0.1) is 0 Å². The molecule has 0 saturated heterocycles. The van der Waals surface area contributed by atoms with Gasteiger partial charge in [-0.1, -0.05) is 27.2 Å². The third-order valence-electron chi connectivity index (χ3n) is 2.70. The van der Waals surface area contributed by atoms with Crippen LogP contribution < -0.4 is 11.1 Å². The molecule has 0 fully saturated rings. The van der Waals surface area contributed by atoms with Gasteiger partial charge in [0.2, 0.25) is 5.91 Å². The van der Waals surface area contributed by atoms with E-state index in [4.69, 9.17) is 5.73 Å². The predicted octanol–water partition coefficient (Wildman–Crippen LogP) is 2.15. The lowest BCUT2D eigenvalue weighted by Gasteiger charge is -2.25. The third-order valence-corrected chi connectivity index (χ3v) is 4.06. The highest BCUT2D eigenvalue weighted by molar-refractivity contribution is 8.00. The van der Waals surface area contributed by atoms with Crippen LogP contribution in [-0.2, 0) is 4.79 Å². The van der Waals surface area contributed by atoms with Crippen LogP contribution in [0.4, 0.5) is 0 Å². The standard InChI is InChI=1S/C12H26N2OS/c1-11(2,3)16-9-7-6-8-12(4,14-5)10(13)15/h14H,6-9H2,1-5H3,(H2,13,15). The van der Waals surface area contributed by atoms with Gasteiger partial charge in [-0.25, -0.2) is 0 Å². The molecule has 0 aliphatic carbocycles. The number of nitrogens with one attached hydrogen (secondary N) is 1. The number of amides is 1. The van der Waals surface area contributed by atoms with Crippen LogP contribution in [-0.4, -0.2) is 29.0 Å². The van der Waals surface area contributed by atoms with Gasteiger partial charge in [0.05, 0.1) is 5.54 Å². The van der Waals surface area contributed by atoms with Crippen molar-refractivity contribution in [3.8, 4) is 0 Å². The fraction of sp³-hybridized carbons (Fsp3) is 0.917. The maximum absolute atomic E-state index is 11.2. The van der Waals surface area contributed by atoms with Crippen LogP contribution >= 0.6 is 11.8 Å². The summed E-state index contributed by atoms with van der Waals surface area (Å²) >= 11 is 1.96. The van der Waals surface area contributed by atoms with E-state index in [0.29, 0.717) is 4.75 Å². The van der Waals surface area contributed by atoms with E-state index in [2.05, 4.69) is 26.1 Å².